The number of amides is 1. The Balaban J connectivity index is 1.42. The first-order valence-electron chi connectivity index (χ1n) is 8.72. The standard InChI is InChI=1S/C22H17ClN2O2S/c1-14-6-9-18(23)20(10-14)27-12-21(26)25-22-24-19(13-28-22)17-8-7-15-4-2-3-5-16(15)11-17/h2-11,13H,12H2,1H3,(H,24,25,26). The van der Waals surface area contributed by atoms with Crippen molar-refractivity contribution in [3.8, 4) is 17.0 Å². The van der Waals surface area contributed by atoms with Gasteiger partial charge in [-0.15, -0.1) is 11.3 Å². The van der Waals surface area contributed by atoms with Gasteiger partial charge >= 0.3 is 0 Å². The van der Waals surface area contributed by atoms with Crippen LogP contribution >= 0.6 is 22.9 Å². The topological polar surface area (TPSA) is 51.2 Å². The van der Waals surface area contributed by atoms with Crippen LogP contribution in [-0.2, 0) is 4.79 Å². The molecule has 1 N–H and O–H groups in total. The molecule has 140 valence electrons. The van der Waals surface area contributed by atoms with Gasteiger partial charge in [-0.05, 0) is 41.5 Å². The van der Waals surface area contributed by atoms with Crippen LogP contribution in [0, 0.1) is 6.92 Å². The second-order valence-electron chi connectivity index (χ2n) is 6.37. The Morgan fingerprint density at radius 3 is 2.79 bits per heavy atom. The van der Waals surface area contributed by atoms with Gasteiger partial charge in [0.25, 0.3) is 5.91 Å². The number of hydrogen-bond donors (Lipinski definition) is 1. The van der Waals surface area contributed by atoms with Crippen LogP contribution in [-0.4, -0.2) is 17.5 Å². The number of benzene rings is 3. The molecule has 1 heterocycles. The maximum Gasteiger partial charge on any atom is 0.264 e. The molecule has 0 radical (unpaired) electrons. The molecular formula is C22H17ClN2O2S. The molecule has 0 unspecified atom stereocenters. The van der Waals surface area contributed by atoms with Crippen LogP contribution in [0.25, 0.3) is 22.0 Å². The molecule has 1 aromatic heterocycles. The van der Waals surface area contributed by atoms with Crippen molar-refractivity contribution in [1.82, 2.24) is 4.98 Å². The zero-order valence-electron chi connectivity index (χ0n) is 15.1. The van der Waals surface area contributed by atoms with Crippen LogP contribution in [0.2, 0.25) is 5.02 Å². The lowest BCUT2D eigenvalue weighted by molar-refractivity contribution is -0.118. The van der Waals surface area contributed by atoms with Crippen molar-refractivity contribution < 1.29 is 9.53 Å². The minimum atomic E-state index is -0.281. The van der Waals surface area contributed by atoms with E-state index >= 15 is 0 Å². The summed E-state index contributed by atoms with van der Waals surface area (Å²) in [5.74, 6) is 0.213. The van der Waals surface area contributed by atoms with E-state index in [0.717, 1.165) is 22.2 Å². The summed E-state index contributed by atoms with van der Waals surface area (Å²) in [5, 5.41) is 8.05. The number of hydrogen-bond acceptors (Lipinski definition) is 4. The van der Waals surface area contributed by atoms with Gasteiger partial charge in [-0.3, -0.25) is 10.1 Å². The average Bonchev–Trinajstić information content (AvgIpc) is 3.16. The molecular weight excluding hydrogens is 392 g/mol. The smallest absolute Gasteiger partial charge is 0.264 e. The highest BCUT2D eigenvalue weighted by molar-refractivity contribution is 7.14. The zero-order chi connectivity index (χ0) is 19.5. The van der Waals surface area contributed by atoms with Gasteiger partial charge in [-0.2, -0.15) is 0 Å². The lowest BCUT2D eigenvalue weighted by Crippen LogP contribution is -2.20. The minimum Gasteiger partial charge on any atom is -0.482 e. The van der Waals surface area contributed by atoms with E-state index in [-0.39, 0.29) is 12.5 Å². The Morgan fingerprint density at radius 1 is 1.11 bits per heavy atom. The molecule has 4 aromatic rings. The number of nitrogens with one attached hydrogen (secondary N) is 1. The second kappa shape index (κ2) is 8.00. The average molecular weight is 409 g/mol. The van der Waals surface area contributed by atoms with Gasteiger partial charge < -0.3 is 4.74 Å². The molecule has 0 fully saturated rings. The molecule has 0 aliphatic rings. The van der Waals surface area contributed by atoms with Gasteiger partial charge in [-0.25, -0.2) is 4.98 Å². The number of aromatic nitrogens is 1. The van der Waals surface area contributed by atoms with E-state index in [2.05, 4.69) is 34.6 Å². The largest absolute Gasteiger partial charge is 0.482 e. The van der Waals surface area contributed by atoms with Crippen molar-refractivity contribution >= 4 is 44.7 Å². The summed E-state index contributed by atoms with van der Waals surface area (Å²) in [6.07, 6.45) is 0. The van der Waals surface area contributed by atoms with Crippen molar-refractivity contribution in [2.75, 3.05) is 11.9 Å². The van der Waals surface area contributed by atoms with Gasteiger partial charge in [-0.1, -0.05) is 54.1 Å². The van der Waals surface area contributed by atoms with Crippen LogP contribution in [0.1, 0.15) is 5.56 Å². The van der Waals surface area contributed by atoms with Gasteiger partial charge in [0.1, 0.15) is 5.75 Å². The molecule has 0 atom stereocenters. The predicted octanol–water partition coefficient (Wildman–Crippen LogP) is 5.94. The zero-order valence-corrected chi connectivity index (χ0v) is 16.7. The number of nitrogens with zero attached hydrogens (tertiary/aromatic N) is 1. The Morgan fingerprint density at radius 2 is 1.93 bits per heavy atom. The van der Waals surface area contributed by atoms with Crippen LogP contribution in [0.3, 0.4) is 0 Å². The summed E-state index contributed by atoms with van der Waals surface area (Å²) in [5.41, 5.74) is 2.85. The van der Waals surface area contributed by atoms with E-state index in [1.165, 1.54) is 16.7 Å². The number of carbonyl (C=O) groups excluding carboxylic acids is 1. The SMILES string of the molecule is Cc1ccc(Cl)c(OCC(=O)Nc2nc(-c3ccc4ccccc4c3)cs2)c1. The highest BCUT2D eigenvalue weighted by atomic mass is 35.5. The number of thiazole rings is 1. The first-order valence-corrected chi connectivity index (χ1v) is 9.98. The van der Waals surface area contributed by atoms with Crippen molar-refractivity contribution in [1.29, 1.82) is 0 Å². The Hall–Kier alpha value is -2.89. The molecule has 0 spiro atoms. The van der Waals surface area contributed by atoms with Crippen LogP contribution in [0.5, 0.6) is 5.75 Å². The number of fused-ring (bicyclic) bond motifs is 1. The van der Waals surface area contributed by atoms with E-state index < -0.39 is 0 Å². The third kappa shape index (κ3) is 4.16. The van der Waals surface area contributed by atoms with E-state index in [4.69, 9.17) is 16.3 Å². The maximum absolute atomic E-state index is 12.2. The number of aryl methyl sites for hydroxylation is 1. The molecule has 3 aromatic carbocycles. The Kier molecular flexibility index (Phi) is 5.28. The van der Waals surface area contributed by atoms with Crippen molar-refractivity contribution in [2.45, 2.75) is 6.92 Å². The fraction of sp³-hybridized carbons (Fsp3) is 0.0909. The summed E-state index contributed by atoms with van der Waals surface area (Å²) < 4.78 is 5.52. The summed E-state index contributed by atoms with van der Waals surface area (Å²) in [4.78, 5) is 16.7. The van der Waals surface area contributed by atoms with E-state index in [9.17, 15) is 4.79 Å². The molecule has 4 nitrogen and oxygen atoms in total. The van der Waals surface area contributed by atoms with Crippen molar-refractivity contribution in [3.05, 3.63) is 76.6 Å². The maximum atomic E-state index is 12.2. The monoisotopic (exact) mass is 408 g/mol. The summed E-state index contributed by atoms with van der Waals surface area (Å²) in [6.45, 7) is 1.81. The first-order chi connectivity index (χ1) is 13.6. The summed E-state index contributed by atoms with van der Waals surface area (Å²) in [6, 6.07) is 19.8. The number of anilines is 1. The molecule has 1 amide bonds. The van der Waals surface area contributed by atoms with Crippen LogP contribution < -0.4 is 10.1 Å². The number of halogens is 1. The minimum absolute atomic E-state index is 0.131. The van der Waals surface area contributed by atoms with Crippen molar-refractivity contribution in [3.63, 3.8) is 0 Å². The third-order valence-electron chi connectivity index (χ3n) is 4.24. The third-order valence-corrected chi connectivity index (χ3v) is 5.31. The number of rotatable bonds is 5. The molecule has 0 bridgehead atoms. The van der Waals surface area contributed by atoms with E-state index in [0.29, 0.717) is 15.9 Å². The molecule has 4 rings (SSSR count). The number of ether oxygens (including phenoxy) is 1. The Labute approximate surface area is 171 Å². The second-order valence-corrected chi connectivity index (χ2v) is 7.64. The molecule has 0 saturated heterocycles. The van der Waals surface area contributed by atoms with Gasteiger partial charge in [0.2, 0.25) is 0 Å². The molecule has 6 heteroatoms. The predicted molar refractivity (Wildman–Crippen MR) is 115 cm³/mol. The number of carbonyl (C=O) groups is 1. The quantitative estimate of drug-likeness (QED) is 0.444. The highest BCUT2D eigenvalue weighted by Gasteiger charge is 2.10. The lowest BCUT2D eigenvalue weighted by atomic mass is 10.1. The van der Waals surface area contributed by atoms with Gasteiger partial charge in [0.15, 0.2) is 11.7 Å². The van der Waals surface area contributed by atoms with E-state index in [1.54, 1.807) is 12.1 Å². The summed E-state index contributed by atoms with van der Waals surface area (Å²) in [7, 11) is 0. The normalized spacial score (nSPS) is 10.8. The fourth-order valence-corrected chi connectivity index (χ4v) is 3.74. The van der Waals surface area contributed by atoms with Crippen LogP contribution in [0.4, 0.5) is 5.13 Å². The Bertz CT molecular complexity index is 1160. The molecule has 0 aliphatic heterocycles. The fourth-order valence-electron chi connectivity index (χ4n) is 2.83. The van der Waals surface area contributed by atoms with Crippen molar-refractivity contribution in [2.24, 2.45) is 0 Å². The molecule has 28 heavy (non-hydrogen) atoms. The van der Waals surface area contributed by atoms with Gasteiger partial charge in [0, 0.05) is 10.9 Å². The highest BCUT2D eigenvalue weighted by Crippen LogP contribution is 2.28. The van der Waals surface area contributed by atoms with Crippen LogP contribution in [0.15, 0.2) is 66.0 Å². The first kappa shape index (κ1) is 18.5. The lowest BCUT2D eigenvalue weighted by Gasteiger charge is -2.08. The van der Waals surface area contributed by atoms with E-state index in [1.807, 2.05) is 36.6 Å². The molecule has 0 saturated carbocycles. The van der Waals surface area contributed by atoms with Gasteiger partial charge in [0.05, 0.1) is 10.7 Å². The molecule has 0 aliphatic carbocycles. The summed E-state index contributed by atoms with van der Waals surface area (Å²) >= 11 is 7.47.